The molecular weight excluding hydrogens is 244 g/mol. The van der Waals surface area contributed by atoms with Crippen LogP contribution in [0.4, 0.5) is 0 Å². The summed E-state index contributed by atoms with van der Waals surface area (Å²) >= 11 is 0. The quantitative estimate of drug-likeness (QED) is 0.251. The number of hydrogen-bond donors (Lipinski definition) is 3. The van der Waals surface area contributed by atoms with Gasteiger partial charge in [0, 0.05) is 13.1 Å². The van der Waals surface area contributed by atoms with Gasteiger partial charge >= 0.3 is 0 Å². The van der Waals surface area contributed by atoms with E-state index in [0.29, 0.717) is 6.54 Å². The van der Waals surface area contributed by atoms with Crippen molar-refractivity contribution >= 4 is 11.7 Å². The van der Waals surface area contributed by atoms with Gasteiger partial charge in [0.05, 0.1) is 0 Å². The minimum absolute atomic E-state index is 0.00572. The van der Waals surface area contributed by atoms with Gasteiger partial charge in [-0.05, 0) is 25.4 Å². The minimum atomic E-state index is -0.578. The zero-order valence-corrected chi connectivity index (χ0v) is 12.5. The van der Waals surface area contributed by atoms with Gasteiger partial charge in [0.2, 0.25) is 5.91 Å². The summed E-state index contributed by atoms with van der Waals surface area (Å²) in [5.74, 6) is -0.800. The van der Waals surface area contributed by atoms with E-state index < -0.39 is 5.92 Å². The molecule has 1 atom stereocenters. The lowest BCUT2D eigenvalue weighted by molar-refractivity contribution is -0.124. The van der Waals surface area contributed by atoms with E-state index >= 15 is 0 Å². The molecule has 0 aliphatic rings. The van der Waals surface area contributed by atoms with Crippen molar-refractivity contribution in [2.75, 3.05) is 26.2 Å². The fourth-order valence-corrected chi connectivity index (χ4v) is 2.03. The van der Waals surface area contributed by atoms with Gasteiger partial charge in [-0.15, -0.1) is 0 Å². The molecule has 6 nitrogen and oxygen atoms in total. The fourth-order valence-electron chi connectivity index (χ4n) is 2.03. The molecule has 0 aromatic heterocycles. The second kappa shape index (κ2) is 9.61. The number of nitrogens with one attached hydrogen (secondary N) is 1. The van der Waals surface area contributed by atoms with E-state index in [1.54, 1.807) is 0 Å². The van der Waals surface area contributed by atoms with Crippen molar-refractivity contribution in [2.24, 2.45) is 22.7 Å². The maximum atomic E-state index is 12.0. The van der Waals surface area contributed by atoms with Crippen LogP contribution in [-0.2, 0) is 4.79 Å². The molecular formula is C13H28N4O2. The number of nitrogens with zero attached hydrogens (tertiary/aromatic N) is 2. The van der Waals surface area contributed by atoms with Crippen molar-refractivity contribution < 1.29 is 10.0 Å². The summed E-state index contributed by atoms with van der Waals surface area (Å²) in [6, 6.07) is 0. The Kier molecular flexibility index (Phi) is 8.95. The van der Waals surface area contributed by atoms with E-state index in [0.717, 1.165) is 26.1 Å². The standard InChI is InChI=1S/C13H28N4O2/c1-5-8-17(6-2)9-7-15-13(18)11(10(3)4)12(14)16-19/h10-11,19H,5-9H2,1-4H3,(H2,14,16)(H,15,18). The second-order valence-electron chi connectivity index (χ2n) is 4.97. The maximum Gasteiger partial charge on any atom is 0.231 e. The number of amides is 1. The zero-order chi connectivity index (χ0) is 14.8. The van der Waals surface area contributed by atoms with Crippen LogP contribution in [0.3, 0.4) is 0 Å². The van der Waals surface area contributed by atoms with Gasteiger partial charge in [-0.25, -0.2) is 0 Å². The number of rotatable bonds is 9. The minimum Gasteiger partial charge on any atom is -0.409 e. The summed E-state index contributed by atoms with van der Waals surface area (Å²) in [4.78, 5) is 14.3. The van der Waals surface area contributed by atoms with Crippen LogP contribution in [0.15, 0.2) is 5.16 Å². The third-order valence-corrected chi connectivity index (χ3v) is 3.10. The van der Waals surface area contributed by atoms with Gasteiger partial charge in [-0.1, -0.05) is 32.9 Å². The molecule has 0 saturated heterocycles. The van der Waals surface area contributed by atoms with Gasteiger partial charge in [0.15, 0.2) is 5.84 Å². The van der Waals surface area contributed by atoms with Gasteiger partial charge < -0.3 is 21.2 Å². The average Bonchev–Trinajstić information content (AvgIpc) is 2.37. The van der Waals surface area contributed by atoms with Crippen LogP contribution in [0.2, 0.25) is 0 Å². The summed E-state index contributed by atoms with van der Waals surface area (Å²) in [7, 11) is 0. The molecule has 0 aliphatic carbocycles. The highest BCUT2D eigenvalue weighted by Gasteiger charge is 2.26. The number of oxime groups is 1. The van der Waals surface area contributed by atoms with Gasteiger partial charge in [0.1, 0.15) is 5.92 Å². The van der Waals surface area contributed by atoms with Crippen LogP contribution in [0.1, 0.15) is 34.1 Å². The lowest BCUT2D eigenvalue weighted by Gasteiger charge is -2.22. The van der Waals surface area contributed by atoms with Crippen LogP contribution >= 0.6 is 0 Å². The molecule has 0 bridgehead atoms. The smallest absolute Gasteiger partial charge is 0.231 e. The molecule has 0 spiro atoms. The van der Waals surface area contributed by atoms with Crippen LogP contribution < -0.4 is 11.1 Å². The number of nitrogens with two attached hydrogens (primary N) is 1. The lowest BCUT2D eigenvalue weighted by Crippen LogP contribution is -2.44. The summed E-state index contributed by atoms with van der Waals surface area (Å²) < 4.78 is 0. The molecule has 4 N–H and O–H groups in total. The van der Waals surface area contributed by atoms with E-state index in [1.165, 1.54) is 0 Å². The van der Waals surface area contributed by atoms with E-state index in [2.05, 4.69) is 29.2 Å². The van der Waals surface area contributed by atoms with Gasteiger partial charge in [-0.3, -0.25) is 4.79 Å². The fraction of sp³-hybridized carbons (Fsp3) is 0.846. The lowest BCUT2D eigenvalue weighted by atomic mass is 9.94. The van der Waals surface area contributed by atoms with E-state index in [1.807, 2.05) is 13.8 Å². The molecule has 1 amide bonds. The first kappa shape index (κ1) is 17.7. The van der Waals surface area contributed by atoms with Gasteiger partial charge in [-0.2, -0.15) is 0 Å². The molecule has 0 heterocycles. The number of hydrogen-bond acceptors (Lipinski definition) is 4. The highest BCUT2D eigenvalue weighted by atomic mass is 16.4. The third kappa shape index (κ3) is 6.42. The Morgan fingerprint density at radius 3 is 2.42 bits per heavy atom. The molecule has 6 heteroatoms. The molecule has 0 aliphatic heterocycles. The van der Waals surface area contributed by atoms with Crippen molar-refractivity contribution in [3.63, 3.8) is 0 Å². The number of carbonyl (C=O) groups is 1. The van der Waals surface area contributed by atoms with Crippen LogP contribution in [0, 0.1) is 11.8 Å². The molecule has 0 fully saturated rings. The Bertz CT molecular complexity index is 292. The summed E-state index contributed by atoms with van der Waals surface area (Å²) in [6.45, 7) is 11.4. The third-order valence-electron chi connectivity index (χ3n) is 3.10. The van der Waals surface area contributed by atoms with Crippen molar-refractivity contribution in [3.05, 3.63) is 0 Å². The van der Waals surface area contributed by atoms with E-state index in [4.69, 9.17) is 10.9 Å². The predicted octanol–water partition coefficient (Wildman–Crippen LogP) is 0.853. The molecule has 0 radical (unpaired) electrons. The topological polar surface area (TPSA) is 91.0 Å². The highest BCUT2D eigenvalue weighted by Crippen LogP contribution is 2.11. The highest BCUT2D eigenvalue weighted by molar-refractivity contribution is 6.02. The average molecular weight is 272 g/mol. The van der Waals surface area contributed by atoms with Crippen LogP contribution in [-0.4, -0.2) is 48.0 Å². The first-order valence-electron chi connectivity index (χ1n) is 6.95. The Balaban J connectivity index is 4.28. The Morgan fingerprint density at radius 2 is 2.00 bits per heavy atom. The number of likely N-dealkylation sites (N-methyl/N-ethyl adjacent to an activating group) is 1. The molecule has 1 unspecified atom stereocenters. The monoisotopic (exact) mass is 272 g/mol. The first-order chi connectivity index (χ1) is 8.97. The molecule has 0 saturated carbocycles. The van der Waals surface area contributed by atoms with Crippen molar-refractivity contribution in [1.82, 2.24) is 10.2 Å². The summed E-state index contributed by atoms with van der Waals surface area (Å²) in [6.07, 6.45) is 1.10. The van der Waals surface area contributed by atoms with Crippen molar-refractivity contribution in [3.8, 4) is 0 Å². The molecule has 0 aromatic carbocycles. The molecule has 19 heavy (non-hydrogen) atoms. The Morgan fingerprint density at radius 1 is 1.37 bits per heavy atom. The van der Waals surface area contributed by atoms with E-state index in [-0.39, 0.29) is 17.7 Å². The number of carbonyl (C=O) groups excluding carboxylic acids is 1. The van der Waals surface area contributed by atoms with Crippen LogP contribution in [0.25, 0.3) is 0 Å². The Hall–Kier alpha value is -1.30. The second-order valence-corrected chi connectivity index (χ2v) is 4.97. The molecule has 0 aromatic rings. The summed E-state index contributed by atoms with van der Waals surface area (Å²) in [5.41, 5.74) is 5.55. The SMILES string of the molecule is CCCN(CC)CCNC(=O)C(C(N)=NO)C(C)C. The van der Waals surface area contributed by atoms with Crippen molar-refractivity contribution in [1.29, 1.82) is 0 Å². The zero-order valence-electron chi connectivity index (χ0n) is 12.5. The Labute approximate surface area is 116 Å². The molecule has 0 rings (SSSR count). The number of amidine groups is 1. The first-order valence-corrected chi connectivity index (χ1v) is 6.95. The molecule has 112 valence electrons. The largest absolute Gasteiger partial charge is 0.409 e. The van der Waals surface area contributed by atoms with Crippen LogP contribution in [0.5, 0.6) is 0 Å². The van der Waals surface area contributed by atoms with Gasteiger partial charge in [0.25, 0.3) is 0 Å². The van der Waals surface area contributed by atoms with E-state index in [9.17, 15) is 4.79 Å². The predicted molar refractivity (Wildman–Crippen MR) is 77.2 cm³/mol. The summed E-state index contributed by atoms with van der Waals surface area (Å²) in [5, 5.41) is 14.5. The van der Waals surface area contributed by atoms with Crippen molar-refractivity contribution in [2.45, 2.75) is 34.1 Å². The normalized spacial score (nSPS) is 13.9. The maximum absolute atomic E-state index is 12.0.